The molecule has 0 aliphatic heterocycles. The van der Waals surface area contributed by atoms with Gasteiger partial charge in [0.2, 0.25) is 0 Å². The molecule has 148 valence electrons. The van der Waals surface area contributed by atoms with Crippen molar-refractivity contribution < 1.29 is 14.3 Å². The third-order valence-electron chi connectivity index (χ3n) is 3.31. The van der Waals surface area contributed by atoms with Gasteiger partial charge >= 0.3 is 6.09 Å². The summed E-state index contributed by atoms with van der Waals surface area (Å²) >= 11 is 0. The molecule has 1 saturated carbocycles. The van der Waals surface area contributed by atoms with Crippen LogP contribution in [0.1, 0.15) is 47.5 Å². The second-order valence-corrected chi connectivity index (χ2v) is 6.79. The molecule has 0 spiro atoms. The number of ether oxygens (including phenoxy) is 2. The first-order valence-electron chi connectivity index (χ1n) is 8.97. The number of nitrogens with one attached hydrogen (secondary N) is 2. The minimum Gasteiger partial charge on any atom is -0.444 e. The van der Waals surface area contributed by atoms with Crippen LogP contribution in [0.5, 0.6) is 0 Å². The van der Waals surface area contributed by atoms with Gasteiger partial charge in [0.1, 0.15) is 5.60 Å². The van der Waals surface area contributed by atoms with Gasteiger partial charge in [-0.1, -0.05) is 0 Å². The van der Waals surface area contributed by atoms with Crippen molar-refractivity contribution in [2.75, 3.05) is 39.4 Å². The Hall–Kier alpha value is -0.770. The van der Waals surface area contributed by atoms with Crippen LogP contribution in [0.25, 0.3) is 0 Å². The molecule has 0 aromatic rings. The Kier molecular flexibility index (Phi) is 12.2. The van der Waals surface area contributed by atoms with E-state index < -0.39 is 5.60 Å². The van der Waals surface area contributed by atoms with Gasteiger partial charge in [-0.05, 0) is 47.5 Å². The Morgan fingerprint density at radius 3 is 2.44 bits per heavy atom. The Balaban J connectivity index is 0.00000576. The number of hydrogen-bond donors (Lipinski definition) is 2. The molecule has 1 amide bonds. The average Bonchev–Trinajstić information content (AvgIpc) is 3.30. The predicted octanol–water partition coefficient (Wildman–Crippen LogP) is 2.60. The van der Waals surface area contributed by atoms with Crippen molar-refractivity contribution in [1.29, 1.82) is 0 Å². The van der Waals surface area contributed by atoms with Crippen molar-refractivity contribution >= 4 is 36.0 Å². The number of halogens is 1. The monoisotopic (exact) mass is 470 g/mol. The summed E-state index contributed by atoms with van der Waals surface area (Å²) in [7, 11) is 0. The van der Waals surface area contributed by atoms with Gasteiger partial charge in [-0.25, -0.2) is 4.79 Å². The molecule has 1 fully saturated rings. The van der Waals surface area contributed by atoms with Crippen LogP contribution >= 0.6 is 24.0 Å². The second-order valence-electron chi connectivity index (χ2n) is 6.79. The van der Waals surface area contributed by atoms with Gasteiger partial charge in [-0.2, -0.15) is 0 Å². The van der Waals surface area contributed by atoms with Gasteiger partial charge in [0.15, 0.2) is 5.96 Å². The van der Waals surface area contributed by atoms with Gasteiger partial charge in [-0.3, -0.25) is 4.99 Å². The summed E-state index contributed by atoms with van der Waals surface area (Å²) in [5, 5.41) is 6.46. The summed E-state index contributed by atoms with van der Waals surface area (Å²) in [6.45, 7) is 13.6. The van der Waals surface area contributed by atoms with E-state index in [2.05, 4.69) is 15.6 Å². The van der Waals surface area contributed by atoms with Crippen molar-refractivity contribution in [3.05, 3.63) is 0 Å². The minimum absolute atomic E-state index is 0. The van der Waals surface area contributed by atoms with Gasteiger partial charge in [0.25, 0.3) is 0 Å². The number of carbonyl (C=O) groups is 1. The van der Waals surface area contributed by atoms with Gasteiger partial charge < -0.3 is 25.0 Å². The van der Waals surface area contributed by atoms with E-state index in [4.69, 9.17) is 9.47 Å². The van der Waals surface area contributed by atoms with Crippen molar-refractivity contribution in [2.24, 2.45) is 4.99 Å². The first-order chi connectivity index (χ1) is 11.4. The zero-order valence-electron chi connectivity index (χ0n) is 16.3. The van der Waals surface area contributed by atoms with Crippen LogP contribution in [0.3, 0.4) is 0 Å². The molecule has 0 heterocycles. The first-order valence-corrected chi connectivity index (χ1v) is 8.97. The molecule has 0 saturated heterocycles. The molecule has 0 aromatic carbocycles. The Bertz CT molecular complexity index is 409. The number of nitrogens with zero attached hydrogens (tertiary/aromatic N) is 2. The lowest BCUT2D eigenvalue weighted by Gasteiger charge is -2.27. The molecule has 1 rings (SSSR count). The number of carbonyl (C=O) groups excluding carboxylic acids is 1. The van der Waals surface area contributed by atoms with Crippen LogP contribution in [-0.2, 0) is 9.47 Å². The summed E-state index contributed by atoms with van der Waals surface area (Å²) in [6.07, 6.45) is 1.88. The zero-order valence-corrected chi connectivity index (χ0v) is 18.6. The maximum atomic E-state index is 12.3. The molecule has 8 heteroatoms. The summed E-state index contributed by atoms with van der Waals surface area (Å²) in [4.78, 5) is 18.6. The molecule has 2 N–H and O–H groups in total. The van der Waals surface area contributed by atoms with Crippen LogP contribution < -0.4 is 10.6 Å². The fourth-order valence-electron chi connectivity index (χ4n) is 2.13. The van der Waals surface area contributed by atoms with Gasteiger partial charge in [0.05, 0.1) is 13.2 Å². The summed E-state index contributed by atoms with van der Waals surface area (Å²) in [5.41, 5.74) is -0.465. The zero-order chi connectivity index (χ0) is 18.0. The summed E-state index contributed by atoms with van der Waals surface area (Å²) in [5.74, 6) is 0.747. The smallest absolute Gasteiger partial charge is 0.410 e. The molecule has 0 radical (unpaired) electrons. The number of amides is 1. The lowest BCUT2D eigenvalue weighted by molar-refractivity contribution is 0.0238. The van der Waals surface area contributed by atoms with Gasteiger partial charge in [-0.15, -0.1) is 24.0 Å². The SMILES string of the molecule is CCNC(=NCCOCC)NCCN(C(=O)OC(C)(C)C)C1CC1.I. The standard InChI is InChI=1S/C17H34N4O3.HI/c1-6-18-15(20-11-13-23-7-2)19-10-12-21(14-8-9-14)16(22)24-17(3,4)5;/h14H,6-13H2,1-5H3,(H2,18,19,20);1H. The van der Waals surface area contributed by atoms with E-state index in [1.807, 2.05) is 39.5 Å². The summed E-state index contributed by atoms with van der Waals surface area (Å²) in [6, 6.07) is 0.319. The second kappa shape index (κ2) is 12.6. The van der Waals surface area contributed by atoms with E-state index >= 15 is 0 Å². The minimum atomic E-state index is -0.465. The van der Waals surface area contributed by atoms with Crippen LogP contribution in [0.15, 0.2) is 4.99 Å². The maximum absolute atomic E-state index is 12.3. The third kappa shape index (κ3) is 11.5. The van der Waals surface area contributed by atoms with Crippen LogP contribution in [-0.4, -0.2) is 68.0 Å². The van der Waals surface area contributed by atoms with E-state index in [0.717, 1.165) is 25.3 Å². The highest BCUT2D eigenvalue weighted by Gasteiger charge is 2.34. The third-order valence-corrected chi connectivity index (χ3v) is 3.31. The van der Waals surface area contributed by atoms with Crippen molar-refractivity contribution in [3.8, 4) is 0 Å². The lowest BCUT2D eigenvalue weighted by Crippen LogP contribution is -2.45. The van der Waals surface area contributed by atoms with Crippen molar-refractivity contribution in [3.63, 3.8) is 0 Å². The molecule has 0 atom stereocenters. The molecule has 0 bridgehead atoms. The fourth-order valence-corrected chi connectivity index (χ4v) is 2.13. The predicted molar refractivity (Wildman–Crippen MR) is 112 cm³/mol. The molecule has 25 heavy (non-hydrogen) atoms. The molecule has 0 unspecified atom stereocenters. The van der Waals surface area contributed by atoms with Crippen LogP contribution in [0, 0.1) is 0 Å². The Morgan fingerprint density at radius 1 is 1.24 bits per heavy atom. The largest absolute Gasteiger partial charge is 0.444 e. The maximum Gasteiger partial charge on any atom is 0.410 e. The first kappa shape index (κ1) is 24.2. The molecular formula is C17H35IN4O3. The van der Waals surface area contributed by atoms with Crippen molar-refractivity contribution in [1.82, 2.24) is 15.5 Å². The van der Waals surface area contributed by atoms with Crippen molar-refractivity contribution in [2.45, 2.75) is 59.1 Å². The Morgan fingerprint density at radius 2 is 1.92 bits per heavy atom. The van der Waals surface area contributed by atoms with Crippen LogP contribution in [0.2, 0.25) is 0 Å². The Labute approximate surface area is 169 Å². The van der Waals surface area contributed by atoms with Crippen LogP contribution in [0.4, 0.5) is 4.79 Å². The molecule has 1 aliphatic carbocycles. The number of aliphatic imine (C=N–C) groups is 1. The normalized spacial score (nSPS) is 14.5. The number of guanidine groups is 1. The highest BCUT2D eigenvalue weighted by atomic mass is 127. The van der Waals surface area contributed by atoms with E-state index in [9.17, 15) is 4.79 Å². The van der Waals surface area contributed by atoms with E-state index in [-0.39, 0.29) is 30.1 Å². The summed E-state index contributed by atoms with van der Waals surface area (Å²) < 4.78 is 10.8. The van der Waals surface area contributed by atoms with Gasteiger partial charge in [0, 0.05) is 32.3 Å². The number of hydrogen-bond acceptors (Lipinski definition) is 4. The molecule has 7 nitrogen and oxygen atoms in total. The molecular weight excluding hydrogens is 435 g/mol. The topological polar surface area (TPSA) is 75.2 Å². The highest BCUT2D eigenvalue weighted by molar-refractivity contribution is 14.0. The fraction of sp³-hybridized carbons (Fsp3) is 0.882. The molecule has 0 aromatic heterocycles. The average molecular weight is 470 g/mol. The van der Waals surface area contributed by atoms with E-state index in [0.29, 0.717) is 38.9 Å². The van der Waals surface area contributed by atoms with E-state index in [1.165, 1.54) is 0 Å². The highest BCUT2D eigenvalue weighted by Crippen LogP contribution is 2.27. The molecule has 1 aliphatic rings. The van der Waals surface area contributed by atoms with E-state index in [1.54, 1.807) is 0 Å². The quantitative estimate of drug-likeness (QED) is 0.235. The number of rotatable bonds is 9. The lowest BCUT2D eigenvalue weighted by atomic mass is 10.2.